The number of aliphatic hydroxyl groups excluding tert-OH is 1. The first-order valence-corrected chi connectivity index (χ1v) is 11.6. The molecular weight excluding hydrogens is 446 g/mol. The van der Waals surface area contributed by atoms with Crippen molar-refractivity contribution in [3.8, 4) is 11.3 Å². The van der Waals surface area contributed by atoms with Gasteiger partial charge in [-0.2, -0.15) is 0 Å². The van der Waals surface area contributed by atoms with Gasteiger partial charge in [0.2, 0.25) is 5.78 Å². The lowest BCUT2D eigenvalue weighted by molar-refractivity contribution is -0.216. The molecule has 2 fully saturated rings. The molecule has 6 rings (SSSR count). The van der Waals surface area contributed by atoms with Crippen LogP contribution in [0.4, 0.5) is 0 Å². The zero-order chi connectivity index (χ0) is 24.2. The highest BCUT2D eigenvalue weighted by Crippen LogP contribution is 2.38. The van der Waals surface area contributed by atoms with E-state index >= 15 is 0 Å². The fourth-order valence-corrected chi connectivity index (χ4v) is 4.82. The molecule has 0 aliphatic carbocycles. The van der Waals surface area contributed by atoms with Gasteiger partial charge in [-0.25, -0.2) is 4.68 Å². The van der Waals surface area contributed by atoms with Gasteiger partial charge in [-0.05, 0) is 30.7 Å². The number of aromatic nitrogens is 3. The van der Waals surface area contributed by atoms with E-state index in [4.69, 9.17) is 14.2 Å². The number of carbonyl (C=O) groups excluding carboxylic acids is 1. The quantitative estimate of drug-likeness (QED) is 0.445. The van der Waals surface area contributed by atoms with E-state index in [2.05, 4.69) is 10.3 Å². The number of aliphatic hydroxyl groups is 1. The van der Waals surface area contributed by atoms with Gasteiger partial charge in [-0.3, -0.25) is 4.79 Å². The maximum Gasteiger partial charge on any atom is 0.215 e. The van der Waals surface area contributed by atoms with Crippen molar-refractivity contribution in [2.75, 3.05) is 0 Å². The first-order chi connectivity index (χ1) is 16.9. The molecule has 2 aliphatic heterocycles. The molecule has 2 aliphatic rings. The first-order valence-electron chi connectivity index (χ1n) is 11.6. The molecule has 1 aromatic heterocycles. The Morgan fingerprint density at radius 2 is 1.74 bits per heavy atom. The molecule has 1 N–H and O–H groups in total. The van der Waals surface area contributed by atoms with E-state index in [1.165, 1.54) is 0 Å². The van der Waals surface area contributed by atoms with Crippen LogP contribution >= 0.6 is 0 Å². The minimum atomic E-state index is -0.913. The third-order valence-electron chi connectivity index (χ3n) is 6.48. The highest BCUT2D eigenvalue weighted by Gasteiger charge is 2.54. The molecule has 0 amide bonds. The van der Waals surface area contributed by atoms with Gasteiger partial charge in [-0.1, -0.05) is 71.9 Å². The Balaban J connectivity index is 1.39. The van der Waals surface area contributed by atoms with Gasteiger partial charge < -0.3 is 19.3 Å². The van der Waals surface area contributed by atoms with Crippen molar-refractivity contribution in [3.63, 3.8) is 0 Å². The molecule has 4 atom stereocenters. The van der Waals surface area contributed by atoms with Crippen molar-refractivity contribution in [2.45, 2.75) is 50.8 Å². The molecule has 35 heavy (non-hydrogen) atoms. The van der Waals surface area contributed by atoms with Gasteiger partial charge in [0.05, 0.1) is 6.54 Å². The molecule has 0 saturated carbocycles. The van der Waals surface area contributed by atoms with Crippen molar-refractivity contribution in [2.24, 2.45) is 0 Å². The number of benzene rings is 3. The monoisotopic (exact) mass is 471 g/mol. The van der Waals surface area contributed by atoms with Crippen LogP contribution in [0.5, 0.6) is 0 Å². The van der Waals surface area contributed by atoms with Gasteiger partial charge in [0.15, 0.2) is 17.8 Å². The second-order valence-electron chi connectivity index (χ2n) is 9.36. The summed E-state index contributed by atoms with van der Waals surface area (Å²) in [6, 6.07) is 23.0. The summed E-state index contributed by atoms with van der Waals surface area (Å²) in [6.45, 7) is 3.75. The smallest absolute Gasteiger partial charge is 0.215 e. The van der Waals surface area contributed by atoms with Crippen LogP contribution in [-0.4, -0.2) is 56.3 Å². The summed E-state index contributed by atoms with van der Waals surface area (Å²) >= 11 is 0. The van der Waals surface area contributed by atoms with Gasteiger partial charge in [0, 0.05) is 11.1 Å². The number of ketones is 1. The van der Waals surface area contributed by atoms with Crippen LogP contribution in [0.2, 0.25) is 0 Å². The number of nitrogens with zero attached hydrogens (tertiary/aromatic N) is 3. The topological polar surface area (TPSA) is 95.7 Å². The van der Waals surface area contributed by atoms with Gasteiger partial charge in [-0.15, -0.1) is 5.10 Å². The Kier molecular flexibility index (Phi) is 5.26. The minimum absolute atomic E-state index is 0.179. The van der Waals surface area contributed by atoms with Crippen LogP contribution in [0.15, 0.2) is 72.8 Å². The second kappa shape index (κ2) is 8.35. The highest BCUT2D eigenvalue weighted by atomic mass is 16.8. The number of carbonyl (C=O) groups is 1. The Morgan fingerprint density at radius 1 is 1.00 bits per heavy atom. The molecule has 1 unspecified atom stereocenters. The zero-order valence-electron chi connectivity index (χ0n) is 19.4. The van der Waals surface area contributed by atoms with Crippen LogP contribution in [-0.2, 0) is 20.8 Å². The molecule has 178 valence electrons. The summed E-state index contributed by atoms with van der Waals surface area (Å²) in [6.07, 6.45) is -2.80. The van der Waals surface area contributed by atoms with Gasteiger partial charge in [0.25, 0.3) is 0 Å². The Labute approximate surface area is 202 Å². The standard InChI is InChI=1S/C27H25N3O5/c1-27(2)34-25-24(32)20(33-26(25)35-27)15-30-22(19-13-12-16-8-6-7-11-18(16)14-19)21(28-29-30)23(31)17-9-4-3-5-10-17/h3-14,20,24-26,32H,15H2,1-2H3/t20?,24-,25+,26+/m0/s1. The average molecular weight is 472 g/mol. The molecule has 4 aromatic rings. The minimum Gasteiger partial charge on any atom is -0.387 e. The van der Waals surface area contributed by atoms with Crippen molar-refractivity contribution >= 4 is 16.6 Å². The van der Waals surface area contributed by atoms with Crippen molar-refractivity contribution < 1.29 is 24.1 Å². The maximum atomic E-state index is 13.4. The molecule has 8 heteroatoms. The van der Waals surface area contributed by atoms with Crippen LogP contribution in [0.25, 0.3) is 22.0 Å². The molecule has 0 radical (unpaired) electrons. The highest BCUT2D eigenvalue weighted by molar-refractivity contribution is 6.11. The summed E-state index contributed by atoms with van der Waals surface area (Å²) in [4.78, 5) is 13.4. The predicted molar refractivity (Wildman–Crippen MR) is 128 cm³/mol. The summed E-state index contributed by atoms with van der Waals surface area (Å²) in [5.74, 6) is -1.04. The number of rotatable bonds is 5. The van der Waals surface area contributed by atoms with Crippen LogP contribution < -0.4 is 0 Å². The average Bonchev–Trinajstić information content (AvgIpc) is 3.50. The van der Waals surface area contributed by atoms with E-state index in [1.54, 1.807) is 30.7 Å². The largest absolute Gasteiger partial charge is 0.387 e. The van der Waals surface area contributed by atoms with Gasteiger partial charge >= 0.3 is 0 Å². The molecule has 2 saturated heterocycles. The van der Waals surface area contributed by atoms with Crippen molar-refractivity contribution in [1.82, 2.24) is 15.0 Å². The zero-order valence-corrected chi connectivity index (χ0v) is 19.4. The molecular formula is C27H25N3O5. The molecule has 3 heterocycles. The van der Waals surface area contributed by atoms with Crippen LogP contribution in [0.3, 0.4) is 0 Å². The Bertz CT molecular complexity index is 1400. The van der Waals surface area contributed by atoms with E-state index in [9.17, 15) is 9.90 Å². The molecule has 3 aromatic carbocycles. The summed E-state index contributed by atoms with van der Waals surface area (Å²) in [7, 11) is 0. The van der Waals surface area contributed by atoms with E-state index in [1.807, 2.05) is 60.7 Å². The van der Waals surface area contributed by atoms with E-state index in [-0.39, 0.29) is 18.0 Å². The van der Waals surface area contributed by atoms with Crippen LogP contribution in [0, 0.1) is 0 Å². The molecule has 0 spiro atoms. The third-order valence-corrected chi connectivity index (χ3v) is 6.48. The molecule has 0 bridgehead atoms. The summed E-state index contributed by atoms with van der Waals surface area (Å²) in [5.41, 5.74) is 2.14. The number of fused-ring (bicyclic) bond motifs is 2. The SMILES string of the molecule is CC1(C)O[C@H]2OC(Cn3nnc(C(=O)c4ccccc4)c3-c3ccc4ccccc4c3)[C@H](O)[C@H]2O1. The normalized spacial score (nSPS) is 25.1. The predicted octanol–water partition coefficient (Wildman–Crippen LogP) is 3.57. The lowest BCUT2D eigenvalue weighted by Crippen LogP contribution is -2.36. The Hall–Kier alpha value is -3.43. The number of hydrogen-bond acceptors (Lipinski definition) is 7. The fraction of sp³-hybridized carbons (Fsp3) is 0.296. The fourth-order valence-electron chi connectivity index (χ4n) is 4.82. The van der Waals surface area contributed by atoms with E-state index in [0.717, 1.165) is 16.3 Å². The lowest BCUT2D eigenvalue weighted by Gasteiger charge is -2.23. The van der Waals surface area contributed by atoms with Gasteiger partial charge in [0.1, 0.15) is 24.0 Å². The maximum absolute atomic E-state index is 13.4. The molecule has 8 nitrogen and oxygen atoms in total. The third kappa shape index (κ3) is 3.94. The lowest BCUT2D eigenvalue weighted by atomic mass is 10.00. The van der Waals surface area contributed by atoms with E-state index in [0.29, 0.717) is 11.3 Å². The van der Waals surface area contributed by atoms with Crippen LogP contribution in [0.1, 0.15) is 29.9 Å². The summed E-state index contributed by atoms with van der Waals surface area (Å²) < 4.78 is 19.2. The first kappa shape index (κ1) is 22.1. The second-order valence-corrected chi connectivity index (χ2v) is 9.36. The van der Waals surface area contributed by atoms with Crippen molar-refractivity contribution in [1.29, 1.82) is 0 Å². The number of ether oxygens (including phenoxy) is 3. The van der Waals surface area contributed by atoms with E-state index < -0.39 is 30.4 Å². The summed E-state index contributed by atoms with van der Waals surface area (Å²) in [5, 5.41) is 21.6. The van der Waals surface area contributed by atoms with Crippen molar-refractivity contribution in [3.05, 3.63) is 84.1 Å². The number of hydrogen-bond donors (Lipinski definition) is 1. The Morgan fingerprint density at radius 3 is 2.51 bits per heavy atom.